The Kier molecular flexibility index (Phi) is 7.28. The number of aliphatic carboxylic acids is 1. The van der Waals surface area contributed by atoms with Gasteiger partial charge in [-0.3, -0.25) is 4.79 Å². The maximum Gasteiger partial charge on any atom is 0.307 e. The van der Waals surface area contributed by atoms with Crippen LogP contribution >= 0.6 is 0 Å². The minimum atomic E-state index is -0.788. The number of carboxylic acid groups (broad SMARTS) is 1. The van der Waals surface area contributed by atoms with Crippen LogP contribution in [0.25, 0.3) is 0 Å². The van der Waals surface area contributed by atoms with Crippen LogP contribution in [0, 0.1) is 0 Å². The quantitative estimate of drug-likeness (QED) is 0.798. The first-order valence-electron chi connectivity index (χ1n) is 5.17. The monoisotopic (exact) mass is 209 g/mol. The van der Waals surface area contributed by atoms with Gasteiger partial charge in [-0.05, 0) is 18.2 Å². The highest BCUT2D eigenvalue weighted by Gasteiger charge is 2.04. The third-order valence-corrected chi connectivity index (χ3v) is 1.83. The zero-order valence-corrected chi connectivity index (χ0v) is 9.58. The van der Waals surface area contributed by atoms with Gasteiger partial charge in [0, 0.05) is 6.54 Å². The van der Waals surface area contributed by atoms with Crippen LogP contribution in [-0.2, 0) is 17.8 Å². The molecule has 0 spiro atoms. The zero-order chi connectivity index (χ0) is 11.7. The summed E-state index contributed by atoms with van der Waals surface area (Å²) in [7, 11) is 1.84. The second-order valence-corrected chi connectivity index (χ2v) is 2.87. The van der Waals surface area contributed by atoms with Crippen LogP contribution in [0.4, 0.5) is 0 Å². The summed E-state index contributed by atoms with van der Waals surface area (Å²) in [5.74, 6) is -0.788. The Balaban J connectivity index is 0.000000921. The Morgan fingerprint density at radius 3 is 2.27 bits per heavy atom. The Bertz CT molecular complexity index is 297. The van der Waals surface area contributed by atoms with E-state index < -0.39 is 5.97 Å². The molecule has 0 unspecified atom stereocenters. The molecule has 3 heteroatoms. The molecule has 0 saturated carbocycles. The average Bonchev–Trinajstić information content (AvgIpc) is 2.23. The van der Waals surface area contributed by atoms with Crippen molar-refractivity contribution in [1.29, 1.82) is 0 Å². The van der Waals surface area contributed by atoms with Gasteiger partial charge >= 0.3 is 5.97 Å². The van der Waals surface area contributed by atoms with Crippen molar-refractivity contribution in [1.82, 2.24) is 5.32 Å². The van der Waals surface area contributed by atoms with Crippen LogP contribution in [0.1, 0.15) is 25.0 Å². The lowest BCUT2D eigenvalue weighted by Gasteiger charge is -2.05. The molecule has 15 heavy (non-hydrogen) atoms. The molecule has 2 N–H and O–H groups in total. The van der Waals surface area contributed by atoms with E-state index in [9.17, 15) is 4.79 Å². The van der Waals surface area contributed by atoms with Gasteiger partial charge in [0.25, 0.3) is 0 Å². The van der Waals surface area contributed by atoms with Crippen molar-refractivity contribution >= 4 is 5.97 Å². The molecule has 0 amide bonds. The fraction of sp³-hybridized carbons (Fsp3) is 0.417. The molecular formula is C12H19NO2. The molecule has 0 atom stereocenters. The summed E-state index contributed by atoms with van der Waals surface area (Å²) in [5, 5.41) is 11.6. The minimum Gasteiger partial charge on any atom is -0.481 e. The van der Waals surface area contributed by atoms with Gasteiger partial charge in [-0.25, -0.2) is 0 Å². The summed E-state index contributed by atoms with van der Waals surface area (Å²) in [4.78, 5) is 10.5. The fourth-order valence-corrected chi connectivity index (χ4v) is 1.26. The predicted molar refractivity (Wildman–Crippen MR) is 61.9 cm³/mol. The van der Waals surface area contributed by atoms with Crippen molar-refractivity contribution in [2.45, 2.75) is 26.8 Å². The van der Waals surface area contributed by atoms with E-state index in [0.717, 1.165) is 11.1 Å². The Morgan fingerprint density at radius 2 is 1.80 bits per heavy atom. The van der Waals surface area contributed by atoms with Crippen LogP contribution in [0.3, 0.4) is 0 Å². The molecular weight excluding hydrogens is 190 g/mol. The lowest BCUT2D eigenvalue weighted by molar-refractivity contribution is -0.136. The molecule has 0 aromatic heterocycles. The Morgan fingerprint density at radius 1 is 1.27 bits per heavy atom. The highest BCUT2D eigenvalue weighted by molar-refractivity contribution is 5.70. The maximum atomic E-state index is 10.5. The van der Waals surface area contributed by atoms with Gasteiger partial charge in [0.1, 0.15) is 0 Å². The standard InChI is InChI=1S/C10H13NO2.C2H6/c1-11-7-9-5-3-2-4-8(9)6-10(12)13;1-2/h2-5,11H,6-7H2,1H3,(H,12,13);1-2H3. The minimum absolute atomic E-state index is 0.0951. The third kappa shape index (κ3) is 5.18. The van der Waals surface area contributed by atoms with Crippen molar-refractivity contribution in [3.05, 3.63) is 35.4 Å². The lowest BCUT2D eigenvalue weighted by Crippen LogP contribution is -2.10. The first-order chi connectivity index (χ1) is 7.24. The van der Waals surface area contributed by atoms with Crippen LogP contribution < -0.4 is 5.32 Å². The molecule has 0 radical (unpaired) electrons. The topological polar surface area (TPSA) is 49.3 Å². The fourth-order valence-electron chi connectivity index (χ4n) is 1.26. The van der Waals surface area contributed by atoms with E-state index in [4.69, 9.17) is 5.11 Å². The van der Waals surface area contributed by atoms with Crippen molar-refractivity contribution in [3.8, 4) is 0 Å². The van der Waals surface area contributed by atoms with Gasteiger partial charge in [-0.15, -0.1) is 0 Å². The Hall–Kier alpha value is -1.35. The zero-order valence-electron chi connectivity index (χ0n) is 9.58. The highest BCUT2D eigenvalue weighted by atomic mass is 16.4. The number of hydrogen-bond acceptors (Lipinski definition) is 2. The molecule has 0 aliphatic rings. The Labute approximate surface area is 91.1 Å². The average molecular weight is 209 g/mol. The van der Waals surface area contributed by atoms with Crippen molar-refractivity contribution in [2.24, 2.45) is 0 Å². The first-order valence-corrected chi connectivity index (χ1v) is 5.17. The van der Waals surface area contributed by atoms with Crippen LogP contribution in [-0.4, -0.2) is 18.1 Å². The van der Waals surface area contributed by atoms with E-state index in [-0.39, 0.29) is 6.42 Å². The van der Waals surface area contributed by atoms with Crippen LogP contribution in [0.15, 0.2) is 24.3 Å². The normalized spacial score (nSPS) is 9.00. The SMILES string of the molecule is CC.CNCc1ccccc1CC(=O)O. The van der Waals surface area contributed by atoms with Gasteiger partial charge in [0.05, 0.1) is 6.42 Å². The molecule has 0 saturated heterocycles. The summed E-state index contributed by atoms with van der Waals surface area (Å²) in [6.07, 6.45) is 0.0951. The predicted octanol–water partition coefficient (Wildman–Crippen LogP) is 2.06. The smallest absolute Gasteiger partial charge is 0.307 e. The van der Waals surface area contributed by atoms with Gasteiger partial charge in [0.15, 0.2) is 0 Å². The van der Waals surface area contributed by atoms with Gasteiger partial charge in [0.2, 0.25) is 0 Å². The third-order valence-electron chi connectivity index (χ3n) is 1.83. The van der Waals surface area contributed by atoms with E-state index in [1.165, 1.54) is 0 Å². The lowest BCUT2D eigenvalue weighted by atomic mass is 10.0. The highest BCUT2D eigenvalue weighted by Crippen LogP contribution is 2.08. The van der Waals surface area contributed by atoms with Gasteiger partial charge < -0.3 is 10.4 Å². The number of hydrogen-bond donors (Lipinski definition) is 2. The van der Waals surface area contributed by atoms with E-state index in [1.54, 1.807) is 0 Å². The summed E-state index contributed by atoms with van der Waals surface area (Å²) in [6, 6.07) is 7.56. The second kappa shape index (κ2) is 8.00. The number of nitrogens with one attached hydrogen (secondary N) is 1. The molecule has 1 aromatic carbocycles. The van der Waals surface area contributed by atoms with E-state index in [0.29, 0.717) is 6.54 Å². The molecule has 0 bridgehead atoms. The van der Waals surface area contributed by atoms with E-state index in [2.05, 4.69) is 5.32 Å². The summed E-state index contributed by atoms with van der Waals surface area (Å²) in [5.41, 5.74) is 1.93. The van der Waals surface area contributed by atoms with E-state index in [1.807, 2.05) is 45.2 Å². The molecule has 0 aliphatic heterocycles. The number of carbonyl (C=O) groups is 1. The van der Waals surface area contributed by atoms with Crippen LogP contribution in [0.5, 0.6) is 0 Å². The van der Waals surface area contributed by atoms with Gasteiger partial charge in [-0.2, -0.15) is 0 Å². The van der Waals surface area contributed by atoms with E-state index >= 15 is 0 Å². The number of rotatable bonds is 4. The molecule has 0 aliphatic carbocycles. The number of benzene rings is 1. The van der Waals surface area contributed by atoms with Gasteiger partial charge in [-0.1, -0.05) is 38.1 Å². The number of carboxylic acids is 1. The van der Waals surface area contributed by atoms with Crippen molar-refractivity contribution < 1.29 is 9.90 Å². The van der Waals surface area contributed by atoms with Crippen LogP contribution in [0.2, 0.25) is 0 Å². The molecule has 84 valence electrons. The summed E-state index contributed by atoms with van der Waals surface area (Å²) >= 11 is 0. The van der Waals surface area contributed by atoms with Crippen molar-refractivity contribution in [2.75, 3.05) is 7.05 Å². The first kappa shape index (κ1) is 13.7. The molecule has 3 nitrogen and oxygen atoms in total. The molecule has 1 aromatic rings. The molecule has 0 fully saturated rings. The second-order valence-electron chi connectivity index (χ2n) is 2.87. The summed E-state index contributed by atoms with van der Waals surface area (Å²) in [6.45, 7) is 4.71. The molecule has 0 heterocycles. The maximum absolute atomic E-state index is 10.5. The van der Waals surface area contributed by atoms with Crippen molar-refractivity contribution in [3.63, 3.8) is 0 Å². The molecule has 1 rings (SSSR count). The largest absolute Gasteiger partial charge is 0.481 e. The summed E-state index contributed by atoms with van der Waals surface area (Å²) < 4.78 is 0.